The molecule has 0 aliphatic rings. The highest BCUT2D eigenvalue weighted by Crippen LogP contribution is 2.00. The van der Waals surface area contributed by atoms with Crippen molar-refractivity contribution in [3.05, 3.63) is 53.9 Å². The zero-order valence-corrected chi connectivity index (χ0v) is 11.6. The average Bonchev–Trinajstić information content (AvgIpc) is 2.51. The molecule has 0 saturated heterocycles. The molecule has 0 aliphatic carbocycles. The SMILES string of the molecule is CC.NC(=O)c1ccnc(NNCc2ccccc2)n1. The normalized spacial score (nSPS) is 9.30. The maximum atomic E-state index is 10.9. The van der Waals surface area contributed by atoms with Gasteiger partial charge < -0.3 is 5.73 Å². The maximum absolute atomic E-state index is 10.9. The van der Waals surface area contributed by atoms with Gasteiger partial charge in [-0.3, -0.25) is 10.2 Å². The molecule has 0 aliphatic heterocycles. The van der Waals surface area contributed by atoms with E-state index in [1.807, 2.05) is 44.2 Å². The molecule has 1 aromatic carbocycles. The average molecular weight is 273 g/mol. The second kappa shape index (κ2) is 8.60. The van der Waals surface area contributed by atoms with Crippen LogP contribution >= 0.6 is 0 Å². The molecule has 2 aromatic rings. The van der Waals surface area contributed by atoms with Crippen LogP contribution in [0.4, 0.5) is 5.95 Å². The molecule has 0 unspecified atom stereocenters. The number of primary amides is 1. The first kappa shape index (κ1) is 15.6. The summed E-state index contributed by atoms with van der Waals surface area (Å²) < 4.78 is 0. The van der Waals surface area contributed by atoms with Gasteiger partial charge in [-0.2, -0.15) is 0 Å². The second-order valence-electron chi connectivity index (χ2n) is 3.59. The van der Waals surface area contributed by atoms with Gasteiger partial charge in [-0.1, -0.05) is 44.2 Å². The first-order valence-electron chi connectivity index (χ1n) is 6.41. The van der Waals surface area contributed by atoms with Crippen molar-refractivity contribution in [3.63, 3.8) is 0 Å². The zero-order valence-electron chi connectivity index (χ0n) is 11.6. The first-order chi connectivity index (χ1) is 9.75. The van der Waals surface area contributed by atoms with Crippen molar-refractivity contribution >= 4 is 11.9 Å². The molecule has 1 aromatic heterocycles. The molecule has 106 valence electrons. The third-order valence-electron chi connectivity index (χ3n) is 2.24. The predicted molar refractivity (Wildman–Crippen MR) is 78.8 cm³/mol. The Morgan fingerprint density at radius 1 is 1.20 bits per heavy atom. The summed E-state index contributed by atoms with van der Waals surface area (Å²) in [7, 11) is 0. The molecule has 2 rings (SSSR count). The first-order valence-corrected chi connectivity index (χ1v) is 6.41. The molecular formula is C14H19N5O. The van der Waals surface area contributed by atoms with Gasteiger partial charge in [0.05, 0.1) is 0 Å². The van der Waals surface area contributed by atoms with E-state index in [0.717, 1.165) is 5.56 Å². The van der Waals surface area contributed by atoms with Gasteiger partial charge in [0.1, 0.15) is 5.69 Å². The molecule has 1 heterocycles. The number of nitrogens with two attached hydrogens (primary N) is 1. The quantitative estimate of drug-likeness (QED) is 0.721. The fraction of sp³-hybridized carbons (Fsp3) is 0.214. The van der Waals surface area contributed by atoms with Gasteiger partial charge in [0.15, 0.2) is 0 Å². The van der Waals surface area contributed by atoms with Crippen molar-refractivity contribution in [2.75, 3.05) is 5.43 Å². The lowest BCUT2D eigenvalue weighted by molar-refractivity contribution is 0.0995. The number of hydrogen-bond acceptors (Lipinski definition) is 5. The van der Waals surface area contributed by atoms with Crippen LogP contribution in [0, 0.1) is 0 Å². The Labute approximate surface area is 118 Å². The highest BCUT2D eigenvalue weighted by molar-refractivity contribution is 5.90. The topological polar surface area (TPSA) is 92.9 Å². The van der Waals surface area contributed by atoms with Gasteiger partial charge in [-0.05, 0) is 11.6 Å². The summed E-state index contributed by atoms with van der Waals surface area (Å²) in [6, 6.07) is 11.3. The number of nitrogens with one attached hydrogen (secondary N) is 2. The monoisotopic (exact) mass is 273 g/mol. The summed E-state index contributed by atoms with van der Waals surface area (Å²) in [5, 5.41) is 0. The van der Waals surface area contributed by atoms with Crippen molar-refractivity contribution in [1.82, 2.24) is 15.4 Å². The van der Waals surface area contributed by atoms with Crippen molar-refractivity contribution in [2.45, 2.75) is 20.4 Å². The summed E-state index contributed by atoms with van der Waals surface area (Å²) in [5.74, 6) is -0.272. The molecule has 0 saturated carbocycles. The number of hydrogen-bond donors (Lipinski definition) is 3. The van der Waals surface area contributed by atoms with E-state index < -0.39 is 5.91 Å². The molecule has 4 N–H and O–H groups in total. The standard InChI is InChI=1S/C12H13N5O.C2H6/c13-11(18)10-6-7-14-12(16-10)17-15-8-9-4-2-1-3-5-9;1-2/h1-7,15H,8H2,(H2,13,18)(H,14,16,17);1-2H3. The molecular weight excluding hydrogens is 254 g/mol. The summed E-state index contributed by atoms with van der Waals surface area (Å²) >= 11 is 0. The largest absolute Gasteiger partial charge is 0.364 e. The number of hydrazine groups is 1. The number of amides is 1. The van der Waals surface area contributed by atoms with Crippen molar-refractivity contribution in [3.8, 4) is 0 Å². The van der Waals surface area contributed by atoms with Crippen LogP contribution < -0.4 is 16.6 Å². The Morgan fingerprint density at radius 3 is 2.55 bits per heavy atom. The fourth-order valence-electron chi connectivity index (χ4n) is 1.38. The fourth-order valence-corrected chi connectivity index (χ4v) is 1.38. The molecule has 0 fully saturated rings. The van der Waals surface area contributed by atoms with Crippen molar-refractivity contribution in [2.24, 2.45) is 5.73 Å². The minimum Gasteiger partial charge on any atom is -0.364 e. The maximum Gasteiger partial charge on any atom is 0.267 e. The van der Waals surface area contributed by atoms with Gasteiger partial charge in [0, 0.05) is 12.7 Å². The van der Waals surface area contributed by atoms with E-state index >= 15 is 0 Å². The highest BCUT2D eigenvalue weighted by Gasteiger charge is 2.03. The van der Waals surface area contributed by atoms with Crippen LogP contribution in [0.5, 0.6) is 0 Å². The van der Waals surface area contributed by atoms with E-state index in [0.29, 0.717) is 12.5 Å². The van der Waals surface area contributed by atoms with Crippen LogP contribution in [-0.2, 0) is 6.54 Å². The van der Waals surface area contributed by atoms with Gasteiger partial charge >= 0.3 is 0 Å². The third-order valence-corrected chi connectivity index (χ3v) is 2.24. The van der Waals surface area contributed by atoms with Crippen LogP contribution in [-0.4, -0.2) is 15.9 Å². The number of carbonyl (C=O) groups excluding carboxylic acids is 1. The Balaban J connectivity index is 0.000000956. The number of carbonyl (C=O) groups is 1. The highest BCUT2D eigenvalue weighted by atomic mass is 16.1. The molecule has 1 amide bonds. The van der Waals surface area contributed by atoms with Crippen LogP contribution in [0.1, 0.15) is 29.9 Å². The Morgan fingerprint density at radius 2 is 1.90 bits per heavy atom. The third kappa shape index (κ3) is 5.03. The van der Waals surface area contributed by atoms with E-state index in [-0.39, 0.29) is 5.69 Å². The Hall–Kier alpha value is -2.47. The van der Waals surface area contributed by atoms with Crippen molar-refractivity contribution < 1.29 is 4.79 Å². The van der Waals surface area contributed by atoms with Gasteiger partial charge in [0.2, 0.25) is 5.95 Å². The minimum atomic E-state index is -0.580. The van der Waals surface area contributed by atoms with Gasteiger partial charge in [-0.25, -0.2) is 15.4 Å². The molecule has 0 radical (unpaired) electrons. The Bertz CT molecular complexity index is 530. The number of anilines is 1. The molecule has 6 heteroatoms. The van der Waals surface area contributed by atoms with Crippen LogP contribution in [0.2, 0.25) is 0 Å². The van der Waals surface area contributed by atoms with Gasteiger partial charge in [-0.15, -0.1) is 0 Å². The van der Waals surface area contributed by atoms with E-state index in [4.69, 9.17) is 5.73 Å². The predicted octanol–water partition coefficient (Wildman–Crippen LogP) is 1.72. The molecule has 0 spiro atoms. The lowest BCUT2D eigenvalue weighted by Crippen LogP contribution is -2.23. The molecule has 0 atom stereocenters. The van der Waals surface area contributed by atoms with E-state index in [1.165, 1.54) is 12.3 Å². The second-order valence-corrected chi connectivity index (χ2v) is 3.59. The summed E-state index contributed by atoms with van der Waals surface area (Å²) in [6.45, 7) is 4.62. The zero-order chi connectivity index (χ0) is 14.8. The van der Waals surface area contributed by atoms with Crippen LogP contribution in [0.3, 0.4) is 0 Å². The molecule has 20 heavy (non-hydrogen) atoms. The Kier molecular flexibility index (Phi) is 6.70. The summed E-state index contributed by atoms with van der Waals surface area (Å²) in [4.78, 5) is 18.8. The summed E-state index contributed by atoms with van der Waals surface area (Å²) in [5.41, 5.74) is 12.2. The van der Waals surface area contributed by atoms with Crippen LogP contribution in [0.15, 0.2) is 42.6 Å². The van der Waals surface area contributed by atoms with E-state index in [1.54, 1.807) is 0 Å². The smallest absolute Gasteiger partial charge is 0.267 e. The van der Waals surface area contributed by atoms with Crippen LogP contribution in [0.25, 0.3) is 0 Å². The summed E-state index contributed by atoms with van der Waals surface area (Å²) in [6.07, 6.45) is 1.47. The van der Waals surface area contributed by atoms with Gasteiger partial charge in [0.25, 0.3) is 5.91 Å². The molecule has 6 nitrogen and oxygen atoms in total. The lowest BCUT2D eigenvalue weighted by Gasteiger charge is -2.07. The van der Waals surface area contributed by atoms with Crippen molar-refractivity contribution in [1.29, 1.82) is 0 Å². The van der Waals surface area contributed by atoms with E-state index in [2.05, 4.69) is 20.8 Å². The number of nitrogens with zero attached hydrogens (tertiary/aromatic N) is 2. The minimum absolute atomic E-state index is 0.175. The lowest BCUT2D eigenvalue weighted by atomic mass is 10.2. The number of aromatic nitrogens is 2. The number of rotatable bonds is 5. The molecule has 0 bridgehead atoms. The van der Waals surface area contributed by atoms with E-state index in [9.17, 15) is 4.79 Å². The number of benzene rings is 1.